The quantitative estimate of drug-likeness (QED) is 0.593. The van der Waals surface area contributed by atoms with E-state index < -0.39 is 0 Å². The van der Waals surface area contributed by atoms with Crippen LogP contribution in [0.3, 0.4) is 0 Å². The molecule has 0 saturated carbocycles. The summed E-state index contributed by atoms with van der Waals surface area (Å²) >= 11 is 5.97. The number of hydrogen-bond donors (Lipinski definition) is 1. The standard InChI is InChI=1S/C18H14ClN5O2/c1-10-3-5-14(9-15(10)24-11(2)21-22-23-24)20-18(25)17-8-12-7-13(19)4-6-16(12)26-17/h3-9H,1-2H3,(H,20,25). The number of nitrogens with one attached hydrogen (secondary N) is 1. The van der Waals surface area contributed by atoms with Crippen molar-refractivity contribution in [1.29, 1.82) is 0 Å². The van der Waals surface area contributed by atoms with Gasteiger partial charge in [0.1, 0.15) is 5.58 Å². The minimum absolute atomic E-state index is 0.211. The summed E-state index contributed by atoms with van der Waals surface area (Å²) in [6.45, 7) is 3.76. The van der Waals surface area contributed by atoms with Gasteiger partial charge in [0.05, 0.1) is 5.69 Å². The first-order chi connectivity index (χ1) is 12.5. The Hall–Kier alpha value is -3.19. The number of furan rings is 1. The lowest BCUT2D eigenvalue weighted by atomic mass is 10.1. The number of halogens is 1. The second-order valence-electron chi connectivity index (χ2n) is 5.89. The lowest BCUT2D eigenvalue weighted by Gasteiger charge is -2.09. The fourth-order valence-electron chi connectivity index (χ4n) is 2.69. The van der Waals surface area contributed by atoms with Crippen molar-refractivity contribution in [2.24, 2.45) is 0 Å². The molecule has 0 saturated heterocycles. The molecule has 1 amide bonds. The Morgan fingerprint density at radius 3 is 2.77 bits per heavy atom. The first-order valence-electron chi connectivity index (χ1n) is 7.88. The van der Waals surface area contributed by atoms with Crippen LogP contribution in [0.2, 0.25) is 5.02 Å². The monoisotopic (exact) mass is 367 g/mol. The molecule has 2 aromatic carbocycles. The van der Waals surface area contributed by atoms with Crippen LogP contribution in [-0.2, 0) is 0 Å². The first kappa shape index (κ1) is 16.3. The topological polar surface area (TPSA) is 85.8 Å². The average molecular weight is 368 g/mol. The van der Waals surface area contributed by atoms with E-state index in [1.165, 1.54) is 0 Å². The molecule has 2 heterocycles. The predicted octanol–water partition coefficient (Wildman–Crippen LogP) is 3.93. The maximum atomic E-state index is 12.5. The van der Waals surface area contributed by atoms with E-state index in [1.807, 2.05) is 32.0 Å². The molecule has 0 bridgehead atoms. The number of anilines is 1. The lowest BCUT2D eigenvalue weighted by Crippen LogP contribution is -2.12. The molecule has 0 radical (unpaired) electrons. The van der Waals surface area contributed by atoms with E-state index in [0.29, 0.717) is 22.1 Å². The van der Waals surface area contributed by atoms with Crippen molar-refractivity contribution in [3.63, 3.8) is 0 Å². The smallest absolute Gasteiger partial charge is 0.291 e. The van der Waals surface area contributed by atoms with Crippen LogP contribution in [0.25, 0.3) is 16.7 Å². The molecule has 0 unspecified atom stereocenters. The molecule has 8 heteroatoms. The molecule has 130 valence electrons. The molecular weight excluding hydrogens is 354 g/mol. The highest BCUT2D eigenvalue weighted by Gasteiger charge is 2.14. The SMILES string of the molecule is Cc1ccc(NC(=O)c2cc3cc(Cl)ccc3o2)cc1-n1nnnc1C. The molecule has 1 N–H and O–H groups in total. The third kappa shape index (κ3) is 2.93. The maximum absolute atomic E-state index is 12.5. The minimum atomic E-state index is -0.347. The van der Waals surface area contributed by atoms with Crippen molar-refractivity contribution in [3.8, 4) is 5.69 Å². The second kappa shape index (κ2) is 6.27. The van der Waals surface area contributed by atoms with Gasteiger partial charge in [0.2, 0.25) is 0 Å². The van der Waals surface area contributed by atoms with Crippen LogP contribution in [0.15, 0.2) is 46.9 Å². The van der Waals surface area contributed by atoms with Crippen LogP contribution in [0.4, 0.5) is 5.69 Å². The summed E-state index contributed by atoms with van der Waals surface area (Å²) in [6.07, 6.45) is 0. The zero-order chi connectivity index (χ0) is 18.3. The largest absolute Gasteiger partial charge is 0.451 e. The fourth-order valence-corrected chi connectivity index (χ4v) is 2.87. The Bertz CT molecular complexity index is 1130. The van der Waals surface area contributed by atoms with Crippen LogP contribution in [0.1, 0.15) is 21.9 Å². The summed E-state index contributed by atoms with van der Waals surface area (Å²) in [4.78, 5) is 12.5. The zero-order valence-corrected chi connectivity index (χ0v) is 14.8. The van der Waals surface area contributed by atoms with E-state index >= 15 is 0 Å². The van der Waals surface area contributed by atoms with Gasteiger partial charge >= 0.3 is 0 Å². The summed E-state index contributed by atoms with van der Waals surface area (Å²) in [5, 5.41) is 15.7. The molecule has 2 aromatic heterocycles. The number of carbonyl (C=O) groups is 1. The van der Waals surface area contributed by atoms with Gasteiger partial charge in [-0.1, -0.05) is 17.7 Å². The van der Waals surface area contributed by atoms with Gasteiger partial charge in [-0.05, 0) is 66.2 Å². The number of carbonyl (C=O) groups excluding carboxylic acids is 1. The van der Waals surface area contributed by atoms with Crippen LogP contribution in [0.5, 0.6) is 0 Å². The Balaban J connectivity index is 1.64. The summed E-state index contributed by atoms with van der Waals surface area (Å²) in [7, 11) is 0. The number of benzene rings is 2. The van der Waals surface area contributed by atoms with Crippen molar-refractivity contribution in [3.05, 3.63) is 64.6 Å². The Morgan fingerprint density at radius 1 is 1.15 bits per heavy atom. The summed E-state index contributed by atoms with van der Waals surface area (Å²) < 4.78 is 7.21. The van der Waals surface area contributed by atoms with Crippen molar-refractivity contribution >= 4 is 34.2 Å². The van der Waals surface area contributed by atoms with Gasteiger partial charge in [0, 0.05) is 16.1 Å². The molecule has 0 aliphatic heterocycles. The molecule has 7 nitrogen and oxygen atoms in total. The lowest BCUT2D eigenvalue weighted by molar-refractivity contribution is 0.0998. The highest BCUT2D eigenvalue weighted by atomic mass is 35.5. The van der Waals surface area contributed by atoms with Crippen LogP contribution < -0.4 is 5.32 Å². The van der Waals surface area contributed by atoms with Gasteiger partial charge in [0.15, 0.2) is 11.6 Å². The van der Waals surface area contributed by atoms with Crippen molar-refractivity contribution < 1.29 is 9.21 Å². The summed E-state index contributed by atoms with van der Waals surface area (Å²) in [5.41, 5.74) is 3.00. The van der Waals surface area contributed by atoms with Gasteiger partial charge in [-0.2, -0.15) is 4.68 Å². The van der Waals surface area contributed by atoms with Crippen molar-refractivity contribution in [1.82, 2.24) is 20.2 Å². The highest BCUT2D eigenvalue weighted by Crippen LogP contribution is 2.24. The van der Waals surface area contributed by atoms with E-state index in [9.17, 15) is 4.79 Å². The van der Waals surface area contributed by atoms with E-state index in [1.54, 1.807) is 28.9 Å². The number of aromatic nitrogens is 4. The molecule has 4 rings (SSSR count). The molecular formula is C18H14ClN5O2. The van der Waals surface area contributed by atoms with Crippen LogP contribution in [-0.4, -0.2) is 26.1 Å². The Morgan fingerprint density at radius 2 is 2.00 bits per heavy atom. The van der Waals surface area contributed by atoms with E-state index in [-0.39, 0.29) is 11.7 Å². The first-order valence-corrected chi connectivity index (χ1v) is 8.25. The number of amides is 1. The van der Waals surface area contributed by atoms with Gasteiger partial charge in [-0.15, -0.1) is 5.10 Å². The van der Waals surface area contributed by atoms with Gasteiger partial charge < -0.3 is 9.73 Å². The molecule has 4 aromatic rings. The molecule has 0 aliphatic carbocycles. The number of aryl methyl sites for hydroxylation is 2. The van der Waals surface area contributed by atoms with E-state index in [4.69, 9.17) is 16.0 Å². The Kier molecular flexibility index (Phi) is 3.93. The maximum Gasteiger partial charge on any atom is 0.291 e. The van der Waals surface area contributed by atoms with Gasteiger partial charge in [-0.3, -0.25) is 4.79 Å². The molecule has 0 spiro atoms. The number of tetrazole rings is 1. The summed E-state index contributed by atoms with van der Waals surface area (Å²) in [5.74, 6) is 0.522. The number of fused-ring (bicyclic) bond motifs is 1. The van der Waals surface area contributed by atoms with Gasteiger partial charge in [0.25, 0.3) is 5.91 Å². The average Bonchev–Trinajstić information content (AvgIpc) is 3.22. The Labute approximate surface area is 153 Å². The number of nitrogens with zero attached hydrogens (tertiary/aromatic N) is 4. The van der Waals surface area contributed by atoms with Crippen LogP contribution >= 0.6 is 11.6 Å². The number of rotatable bonds is 3. The van der Waals surface area contributed by atoms with E-state index in [2.05, 4.69) is 20.8 Å². The molecule has 0 aliphatic rings. The third-order valence-electron chi connectivity index (χ3n) is 4.02. The fraction of sp³-hybridized carbons (Fsp3) is 0.111. The minimum Gasteiger partial charge on any atom is -0.451 e. The zero-order valence-electron chi connectivity index (χ0n) is 14.0. The molecule has 0 fully saturated rings. The van der Waals surface area contributed by atoms with Crippen molar-refractivity contribution in [2.45, 2.75) is 13.8 Å². The normalized spacial score (nSPS) is 11.0. The predicted molar refractivity (Wildman–Crippen MR) is 97.8 cm³/mol. The third-order valence-corrected chi connectivity index (χ3v) is 4.26. The van der Waals surface area contributed by atoms with E-state index in [0.717, 1.165) is 16.6 Å². The van der Waals surface area contributed by atoms with Crippen molar-refractivity contribution in [2.75, 3.05) is 5.32 Å². The molecule has 26 heavy (non-hydrogen) atoms. The molecule has 0 atom stereocenters. The summed E-state index contributed by atoms with van der Waals surface area (Å²) in [6, 6.07) is 12.4. The van der Waals surface area contributed by atoms with Crippen LogP contribution in [0, 0.1) is 13.8 Å². The highest BCUT2D eigenvalue weighted by molar-refractivity contribution is 6.31. The number of hydrogen-bond acceptors (Lipinski definition) is 5. The van der Waals surface area contributed by atoms with Gasteiger partial charge in [-0.25, -0.2) is 0 Å². The second-order valence-corrected chi connectivity index (χ2v) is 6.32.